The summed E-state index contributed by atoms with van der Waals surface area (Å²) in [7, 11) is 0. The normalized spacial score (nSPS) is 14.1. The molecule has 0 bridgehead atoms. The molecule has 0 fully saturated rings. The number of dihydropyridines is 1. The largest absolute Gasteiger partial charge is 0.283 e. The van der Waals surface area contributed by atoms with E-state index in [4.69, 9.17) is 9.98 Å². The second-order valence-electron chi connectivity index (χ2n) is 14.0. The van der Waals surface area contributed by atoms with Gasteiger partial charge >= 0.3 is 0 Å². The van der Waals surface area contributed by atoms with E-state index in [-0.39, 0.29) is 0 Å². The third-order valence-corrected chi connectivity index (χ3v) is 11.0. The number of hydrogen-bond acceptors (Lipinski definition) is 2. The van der Waals surface area contributed by atoms with Crippen molar-refractivity contribution in [1.29, 1.82) is 0 Å². The van der Waals surface area contributed by atoms with Gasteiger partial charge in [-0.25, -0.2) is 4.98 Å². The van der Waals surface area contributed by atoms with E-state index in [1.807, 2.05) is 0 Å². The average Bonchev–Trinajstić information content (AvgIpc) is 3.55. The van der Waals surface area contributed by atoms with Gasteiger partial charge < -0.3 is 0 Å². The van der Waals surface area contributed by atoms with E-state index in [2.05, 4.69) is 194 Å². The second-order valence-corrected chi connectivity index (χ2v) is 14.0. The molecular formula is C51H36N2. The molecule has 8 aromatic rings. The van der Waals surface area contributed by atoms with Crippen LogP contribution in [0, 0.1) is 0 Å². The highest BCUT2D eigenvalue weighted by Gasteiger charge is 2.46. The van der Waals surface area contributed by atoms with Crippen molar-refractivity contribution in [3.05, 3.63) is 222 Å². The first-order valence-corrected chi connectivity index (χ1v) is 18.5. The third-order valence-electron chi connectivity index (χ3n) is 11.0. The number of pyridine rings is 1. The maximum atomic E-state index is 4.97. The zero-order valence-electron chi connectivity index (χ0n) is 29.3. The molecule has 1 aliphatic heterocycles. The molecule has 10 rings (SSSR count). The number of benzene rings is 7. The summed E-state index contributed by atoms with van der Waals surface area (Å²) in [4.78, 5) is 9.72. The molecule has 0 unspecified atom stereocenters. The van der Waals surface area contributed by atoms with Gasteiger partial charge in [0.25, 0.3) is 0 Å². The lowest BCUT2D eigenvalue weighted by Crippen LogP contribution is -2.28. The minimum absolute atomic E-state index is 0.409. The number of aliphatic imine (C=N–C) groups is 1. The molecule has 0 N–H and O–H groups in total. The Morgan fingerprint density at radius 3 is 1.68 bits per heavy atom. The fourth-order valence-electron chi connectivity index (χ4n) is 8.54. The topological polar surface area (TPSA) is 25.2 Å². The maximum Gasteiger partial charge on any atom is 0.0895 e. The van der Waals surface area contributed by atoms with E-state index < -0.39 is 5.41 Å². The van der Waals surface area contributed by atoms with Crippen molar-refractivity contribution >= 4 is 16.6 Å². The highest BCUT2D eigenvalue weighted by Crippen LogP contribution is 2.56. The Balaban J connectivity index is 1.01. The van der Waals surface area contributed by atoms with Gasteiger partial charge in [0.1, 0.15) is 0 Å². The first kappa shape index (κ1) is 31.1. The lowest BCUT2D eigenvalue weighted by molar-refractivity contribution is 0.769. The Morgan fingerprint density at radius 1 is 0.434 bits per heavy atom. The predicted molar refractivity (Wildman–Crippen MR) is 221 cm³/mol. The smallest absolute Gasteiger partial charge is 0.0895 e. The van der Waals surface area contributed by atoms with Gasteiger partial charge in [-0.2, -0.15) is 0 Å². The lowest BCUT2D eigenvalue weighted by atomic mass is 9.67. The van der Waals surface area contributed by atoms with Gasteiger partial charge in [-0.15, -0.1) is 0 Å². The minimum Gasteiger partial charge on any atom is -0.283 e. The van der Waals surface area contributed by atoms with Crippen molar-refractivity contribution in [3.8, 4) is 44.5 Å². The molecule has 0 saturated carbocycles. The molecule has 7 aromatic carbocycles. The molecule has 0 spiro atoms. The van der Waals surface area contributed by atoms with Crippen LogP contribution >= 0.6 is 0 Å². The molecule has 1 aromatic heterocycles. The van der Waals surface area contributed by atoms with E-state index in [1.165, 1.54) is 66.8 Å². The van der Waals surface area contributed by atoms with Gasteiger partial charge in [-0.1, -0.05) is 170 Å². The molecule has 1 aliphatic carbocycles. The summed E-state index contributed by atoms with van der Waals surface area (Å²) in [6.45, 7) is 0.812. The molecule has 2 heterocycles. The van der Waals surface area contributed by atoms with E-state index in [0.29, 0.717) is 0 Å². The maximum absolute atomic E-state index is 4.97. The quantitative estimate of drug-likeness (QED) is 0.172. The molecule has 250 valence electrons. The molecule has 0 saturated heterocycles. The standard InChI is InChI=1S/C51H36N2/c1-3-13-40(14-4-1)51(41-15-5-2-6-16-41)46-19-9-7-17-42(46)43-31-30-39(33-47(43)51)37-24-22-35(23-25-37)36-26-28-38(29-27-36)45-34-50(49-21-11-12-32-52-49)53-48-20-10-8-18-44(45)48/h1-11,13-31,33-34H,12,32H2. The van der Waals surface area contributed by atoms with E-state index in [0.717, 1.165) is 35.3 Å². The zero-order chi connectivity index (χ0) is 35.2. The minimum atomic E-state index is -0.409. The molecule has 2 nitrogen and oxygen atoms in total. The number of hydrogen-bond donors (Lipinski definition) is 0. The fourth-order valence-corrected chi connectivity index (χ4v) is 8.54. The lowest BCUT2D eigenvalue weighted by Gasteiger charge is -2.34. The number of fused-ring (bicyclic) bond motifs is 4. The number of aromatic nitrogens is 1. The molecule has 2 heteroatoms. The van der Waals surface area contributed by atoms with Crippen LogP contribution in [-0.2, 0) is 5.41 Å². The van der Waals surface area contributed by atoms with E-state index in [1.54, 1.807) is 0 Å². The molecule has 53 heavy (non-hydrogen) atoms. The van der Waals surface area contributed by atoms with Crippen LogP contribution in [0.15, 0.2) is 199 Å². The summed E-state index contributed by atoms with van der Waals surface area (Å²) >= 11 is 0. The Morgan fingerprint density at radius 2 is 1.00 bits per heavy atom. The molecule has 0 radical (unpaired) electrons. The van der Waals surface area contributed by atoms with Gasteiger partial charge in [-0.3, -0.25) is 4.99 Å². The van der Waals surface area contributed by atoms with Crippen molar-refractivity contribution in [2.24, 2.45) is 4.99 Å². The molecular weight excluding hydrogens is 641 g/mol. The average molecular weight is 677 g/mol. The van der Waals surface area contributed by atoms with Crippen LogP contribution in [0.3, 0.4) is 0 Å². The Labute approximate surface area is 310 Å². The first-order valence-electron chi connectivity index (χ1n) is 18.5. The summed E-state index contributed by atoms with van der Waals surface area (Å²) in [5, 5.41) is 1.15. The SMILES string of the molecule is C1=CC(c2cc(-c3ccc(-c4ccc(-c5ccc6c(c5)C(c5ccccc5)(c5ccccc5)c5ccccc5-6)cc4)cc3)c3ccccc3n2)=NCC1. The van der Waals surface area contributed by atoms with Gasteiger partial charge in [0.05, 0.1) is 22.3 Å². The zero-order valence-corrected chi connectivity index (χ0v) is 29.3. The van der Waals surface area contributed by atoms with Crippen molar-refractivity contribution in [2.45, 2.75) is 11.8 Å². The number of nitrogens with zero attached hydrogens (tertiary/aromatic N) is 2. The van der Waals surface area contributed by atoms with Crippen LogP contribution in [0.1, 0.15) is 34.4 Å². The predicted octanol–water partition coefficient (Wildman–Crippen LogP) is 12.3. The number of para-hydroxylation sites is 1. The summed E-state index contributed by atoms with van der Waals surface area (Å²) in [6, 6.07) is 66.5. The van der Waals surface area contributed by atoms with Crippen LogP contribution < -0.4 is 0 Å². The Kier molecular flexibility index (Phi) is 7.54. The van der Waals surface area contributed by atoms with Gasteiger partial charge in [0, 0.05) is 11.9 Å². The fraction of sp³-hybridized carbons (Fsp3) is 0.0588. The summed E-state index contributed by atoms with van der Waals surface area (Å²) in [5.41, 5.74) is 17.4. The summed E-state index contributed by atoms with van der Waals surface area (Å²) < 4.78 is 0. The van der Waals surface area contributed by atoms with E-state index in [9.17, 15) is 0 Å². The van der Waals surface area contributed by atoms with Gasteiger partial charge in [0.15, 0.2) is 0 Å². The molecule has 0 atom stereocenters. The van der Waals surface area contributed by atoms with Gasteiger partial charge in [-0.05, 0) is 97.5 Å². The summed E-state index contributed by atoms with van der Waals surface area (Å²) in [5.74, 6) is 0. The number of rotatable bonds is 6. The third kappa shape index (κ3) is 5.18. The van der Waals surface area contributed by atoms with Gasteiger partial charge in [0.2, 0.25) is 0 Å². The highest BCUT2D eigenvalue weighted by atomic mass is 14.8. The van der Waals surface area contributed by atoms with Crippen LogP contribution in [0.25, 0.3) is 55.4 Å². The monoisotopic (exact) mass is 676 g/mol. The number of allylic oxidation sites excluding steroid dienone is 1. The summed E-state index contributed by atoms with van der Waals surface area (Å²) in [6.07, 6.45) is 5.27. The van der Waals surface area contributed by atoms with Crippen molar-refractivity contribution in [1.82, 2.24) is 4.98 Å². The molecule has 2 aliphatic rings. The Hall–Kier alpha value is -6.64. The van der Waals surface area contributed by atoms with Crippen LogP contribution in [-0.4, -0.2) is 17.2 Å². The van der Waals surface area contributed by atoms with Crippen molar-refractivity contribution in [3.63, 3.8) is 0 Å². The van der Waals surface area contributed by atoms with E-state index >= 15 is 0 Å². The Bertz CT molecular complexity index is 2650. The van der Waals surface area contributed by atoms with Crippen LogP contribution in [0.5, 0.6) is 0 Å². The first-order chi connectivity index (χ1) is 26.3. The highest BCUT2D eigenvalue weighted by molar-refractivity contribution is 6.10. The van der Waals surface area contributed by atoms with Crippen LogP contribution in [0.2, 0.25) is 0 Å². The molecule has 0 amide bonds. The van der Waals surface area contributed by atoms with Crippen molar-refractivity contribution in [2.75, 3.05) is 6.54 Å². The van der Waals surface area contributed by atoms with Crippen molar-refractivity contribution < 1.29 is 0 Å². The van der Waals surface area contributed by atoms with Crippen LogP contribution in [0.4, 0.5) is 0 Å². The second kappa shape index (κ2) is 12.8.